The molecule has 1 saturated heterocycles. The normalized spacial score (nSPS) is 18.7. The second-order valence-corrected chi connectivity index (χ2v) is 3.86. The van der Waals surface area contributed by atoms with Gasteiger partial charge in [0.05, 0.1) is 13.2 Å². The molecule has 0 spiro atoms. The fourth-order valence-corrected chi connectivity index (χ4v) is 1.82. The molecule has 0 bridgehead atoms. The van der Waals surface area contributed by atoms with Gasteiger partial charge in [0.25, 0.3) is 0 Å². The van der Waals surface area contributed by atoms with E-state index in [1.54, 1.807) is 0 Å². The predicted octanol–water partition coefficient (Wildman–Crippen LogP) is 1.95. The summed E-state index contributed by atoms with van der Waals surface area (Å²) in [4.78, 5) is 11.0. The van der Waals surface area contributed by atoms with Crippen molar-refractivity contribution in [3.8, 4) is 11.5 Å². The van der Waals surface area contributed by atoms with Gasteiger partial charge in [-0.05, 0) is 12.1 Å². The van der Waals surface area contributed by atoms with Crippen LogP contribution in [0, 0.1) is 0 Å². The first-order valence-corrected chi connectivity index (χ1v) is 5.37. The summed E-state index contributed by atoms with van der Waals surface area (Å²) >= 11 is 0. The number of alkyl halides is 3. The maximum Gasteiger partial charge on any atom is 0.573 e. The van der Waals surface area contributed by atoms with Crippen molar-refractivity contribution in [1.82, 2.24) is 10.6 Å². The van der Waals surface area contributed by atoms with Gasteiger partial charge in [0.15, 0.2) is 0 Å². The minimum atomic E-state index is -4.75. The van der Waals surface area contributed by atoms with Crippen molar-refractivity contribution in [3.63, 3.8) is 0 Å². The minimum absolute atomic E-state index is 0.218. The van der Waals surface area contributed by atoms with E-state index in [0.717, 1.165) is 6.07 Å². The van der Waals surface area contributed by atoms with Gasteiger partial charge < -0.3 is 20.1 Å². The second-order valence-electron chi connectivity index (χ2n) is 3.86. The van der Waals surface area contributed by atoms with Gasteiger partial charge in [-0.15, -0.1) is 13.2 Å². The Labute approximate surface area is 106 Å². The summed E-state index contributed by atoms with van der Waals surface area (Å²) in [5.41, 5.74) is 0.579. The maximum absolute atomic E-state index is 12.1. The molecule has 5 nitrogen and oxygen atoms in total. The van der Waals surface area contributed by atoms with Gasteiger partial charge in [0.1, 0.15) is 11.5 Å². The highest BCUT2D eigenvalue weighted by molar-refractivity contribution is 5.77. The maximum atomic E-state index is 12.1. The molecule has 104 valence electrons. The minimum Gasteiger partial charge on any atom is -0.496 e. The van der Waals surface area contributed by atoms with Crippen LogP contribution in [-0.4, -0.2) is 26.0 Å². The Bertz CT molecular complexity index is 491. The molecule has 19 heavy (non-hydrogen) atoms. The van der Waals surface area contributed by atoms with Gasteiger partial charge in [0, 0.05) is 18.2 Å². The fraction of sp³-hybridized carbons (Fsp3) is 0.364. The molecule has 2 N–H and O–H groups in total. The Balaban J connectivity index is 2.24. The standard InChI is InChI=1S/C11H11F3N2O3/c1-18-9-4-6(19-11(12,13)14)2-3-7(9)8-5-15-10(17)16-8/h2-4,8H,5H2,1H3,(H2,15,16,17)/t8-/m0/s1. The van der Waals surface area contributed by atoms with Crippen LogP contribution in [0.1, 0.15) is 11.6 Å². The van der Waals surface area contributed by atoms with Crippen molar-refractivity contribution in [2.45, 2.75) is 12.4 Å². The molecule has 2 amide bonds. The van der Waals surface area contributed by atoms with E-state index in [-0.39, 0.29) is 23.6 Å². The van der Waals surface area contributed by atoms with E-state index in [4.69, 9.17) is 4.74 Å². The lowest BCUT2D eigenvalue weighted by molar-refractivity contribution is -0.274. The highest BCUT2D eigenvalue weighted by Crippen LogP contribution is 2.32. The number of nitrogens with one attached hydrogen (secondary N) is 2. The number of halogens is 3. The molecule has 1 aliphatic heterocycles. The molecular formula is C11H11F3N2O3. The van der Waals surface area contributed by atoms with Crippen LogP contribution in [0.25, 0.3) is 0 Å². The Morgan fingerprint density at radius 1 is 1.37 bits per heavy atom. The van der Waals surface area contributed by atoms with E-state index < -0.39 is 6.36 Å². The first-order chi connectivity index (χ1) is 8.89. The number of carbonyl (C=O) groups is 1. The Hall–Kier alpha value is -2.12. The fourth-order valence-electron chi connectivity index (χ4n) is 1.82. The SMILES string of the molecule is COc1cc(OC(F)(F)F)ccc1[C@@H]1CNC(=O)N1. The van der Waals surface area contributed by atoms with Gasteiger partial charge in [-0.2, -0.15) is 0 Å². The number of benzene rings is 1. The number of carbonyl (C=O) groups excluding carboxylic acids is 1. The largest absolute Gasteiger partial charge is 0.573 e. The first kappa shape index (κ1) is 13.3. The number of hydrogen-bond donors (Lipinski definition) is 2. The van der Waals surface area contributed by atoms with Gasteiger partial charge in [-0.3, -0.25) is 0 Å². The van der Waals surface area contributed by atoms with Gasteiger partial charge in [-0.1, -0.05) is 0 Å². The lowest BCUT2D eigenvalue weighted by Gasteiger charge is -2.16. The average molecular weight is 276 g/mol. The molecule has 1 heterocycles. The van der Waals surface area contributed by atoms with Crippen molar-refractivity contribution in [2.24, 2.45) is 0 Å². The third kappa shape index (κ3) is 3.21. The smallest absolute Gasteiger partial charge is 0.496 e. The quantitative estimate of drug-likeness (QED) is 0.887. The molecule has 1 aliphatic rings. The highest BCUT2D eigenvalue weighted by Gasteiger charge is 2.32. The van der Waals surface area contributed by atoms with Crippen LogP contribution in [0.4, 0.5) is 18.0 Å². The topological polar surface area (TPSA) is 59.6 Å². The van der Waals surface area contributed by atoms with Crippen LogP contribution in [0.3, 0.4) is 0 Å². The van der Waals surface area contributed by atoms with Crippen LogP contribution in [0.5, 0.6) is 11.5 Å². The summed E-state index contributed by atoms with van der Waals surface area (Å²) in [6.07, 6.45) is -4.75. The van der Waals surface area contributed by atoms with Crippen LogP contribution in [0.15, 0.2) is 18.2 Å². The van der Waals surface area contributed by atoms with Crippen LogP contribution in [-0.2, 0) is 0 Å². The number of rotatable bonds is 3. The van der Waals surface area contributed by atoms with Crippen molar-refractivity contribution in [3.05, 3.63) is 23.8 Å². The molecule has 0 saturated carbocycles. The number of ether oxygens (including phenoxy) is 2. The predicted molar refractivity (Wildman–Crippen MR) is 59.0 cm³/mol. The van der Waals surface area contributed by atoms with Crippen molar-refractivity contribution in [2.75, 3.05) is 13.7 Å². The van der Waals surface area contributed by atoms with Crippen LogP contribution in [0.2, 0.25) is 0 Å². The Morgan fingerprint density at radius 2 is 2.11 bits per heavy atom. The third-order valence-corrected chi connectivity index (χ3v) is 2.59. The summed E-state index contributed by atoms with van der Waals surface area (Å²) in [5.74, 6) is -0.152. The second kappa shape index (κ2) is 4.87. The van der Waals surface area contributed by atoms with E-state index in [1.165, 1.54) is 19.2 Å². The molecular weight excluding hydrogens is 265 g/mol. The molecule has 1 atom stereocenters. The van der Waals surface area contributed by atoms with Gasteiger partial charge in [-0.25, -0.2) is 4.79 Å². The molecule has 2 rings (SSSR count). The van der Waals surface area contributed by atoms with Crippen molar-refractivity contribution < 1.29 is 27.4 Å². The Morgan fingerprint density at radius 3 is 2.63 bits per heavy atom. The Kier molecular flexibility index (Phi) is 3.41. The zero-order chi connectivity index (χ0) is 14.0. The molecule has 1 aromatic carbocycles. The van der Waals surface area contributed by atoms with E-state index >= 15 is 0 Å². The monoisotopic (exact) mass is 276 g/mol. The lowest BCUT2D eigenvalue weighted by atomic mass is 10.1. The van der Waals surface area contributed by atoms with Gasteiger partial charge >= 0.3 is 12.4 Å². The summed E-state index contributed by atoms with van der Waals surface area (Å²) in [7, 11) is 1.33. The summed E-state index contributed by atoms with van der Waals surface area (Å²) < 4.78 is 45.1. The molecule has 0 aromatic heterocycles. The number of hydrogen-bond acceptors (Lipinski definition) is 3. The summed E-state index contributed by atoms with van der Waals surface area (Å²) in [6.45, 7) is 0.342. The van der Waals surface area contributed by atoms with Crippen LogP contribution < -0.4 is 20.1 Å². The average Bonchev–Trinajstić information content (AvgIpc) is 2.73. The molecule has 1 fully saturated rings. The lowest BCUT2D eigenvalue weighted by Crippen LogP contribution is -2.22. The zero-order valence-electron chi connectivity index (χ0n) is 9.88. The summed E-state index contributed by atoms with van der Waals surface area (Å²) in [6, 6.07) is 3.06. The molecule has 0 radical (unpaired) electrons. The molecule has 8 heteroatoms. The van der Waals surface area contributed by atoms with E-state index in [2.05, 4.69) is 15.4 Å². The highest BCUT2D eigenvalue weighted by atomic mass is 19.4. The third-order valence-electron chi connectivity index (χ3n) is 2.59. The first-order valence-electron chi connectivity index (χ1n) is 5.37. The number of methoxy groups -OCH3 is 1. The number of urea groups is 1. The summed E-state index contributed by atoms with van der Waals surface area (Å²) in [5, 5.41) is 5.17. The van der Waals surface area contributed by atoms with Crippen LogP contribution >= 0.6 is 0 Å². The number of amides is 2. The zero-order valence-corrected chi connectivity index (χ0v) is 9.88. The molecule has 0 unspecified atom stereocenters. The molecule has 1 aromatic rings. The van der Waals surface area contributed by atoms with E-state index in [9.17, 15) is 18.0 Å². The van der Waals surface area contributed by atoms with Crippen molar-refractivity contribution in [1.29, 1.82) is 0 Å². The van der Waals surface area contributed by atoms with Crippen molar-refractivity contribution >= 4 is 6.03 Å². The van der Waals surface area contributed by atoms with E-state index in [0.29, 0.717) is 12.1 Å². The van der Waals surface area contributed by atoms with Gasteiger partial charge in [0.2, 0.25) is 0 Å². The van der Waals surface area contributed by atoms with E-state index in [1.807, 2.05) is 0 Å². The molecule has 0 aliphatic carbocycles.